The quantitative estimate of drug-likeness (QED) is 0.848. The molecule has 0 bridgehead atoms. The third-order valence-electron chi connectivity index (χ3n) is 4.73. The molecule has 2 aliphatic heterocycles. The van der Waals surface area contributed by atoms with Crippen LogP contribution < -0.4 is 9.47 Å². The van der Waals surface area contributed by atoms with Gasteiger partial charge in [-0.25, -0.2) is 4.79 Å². The molecule has 1 amide bonds. The maximum atomic E-state index is 12.2. The van der Waals surface area contributed by atoms with Gasteiger partial charge in [0.15, 0.2) is 11.5 Å². The van der Waals surface area contributed by atoms with Crippen LogP contribution in [0, 0.1) is 5.41 Å². The maximum Gasteiger partial charge on any atom is 0.423 e. The van der Waals surface area contributed by atoms with Gasteiger partial charge in [-0.15, -0.1) is 0 Å². The number of carboxylic acid groups (broad SMARTS) is 1. The summed E-state index contributed by atoms with van der Waals surface area (Å²) in [6.07, 6.45) is -1.39. The van der Waals surface area contributed by atoms with Gasteiger partial charge >= 0.3 is 16.4 Å². The van der Waals surface area contributed by atoms with Gasteiger partial charge < -0.3 is 14.6 Å². The van der Waals surface area contributed by atoms with Crippen molar-refractivity contribution in [1.82, 2.24) is 4.31 Å². The molecule has 2 heterocycles. The minimum Gasteiger partial charge on any atom is -0.486 e. The van der Waals surface area contributed by atoms with Crippen molar-refractivity contribution in [2.75, 3.05) is 19.8 Å². The Morgan fingerprint density at radius 1 is 1.24 bits per heavy atom. The van der Waals surface area contributed by atoms with Gasteiger partial charge in [-0.05, 0) is 23.1 Å². The van der Waals surface area contributed by atoms with Crippen LogP contribution in [0.25, 0.3) is 0 Å². The fourth-order valence-electron chi connectivity index (χ4n) is 3.22. The Morgan fingerprint density at radius 2 is 1.88 bits per heavy atom. The van der Waals surface area contributed by atoms with Crippen molar-refractivity contribution in [1.29, 1.82) is 0 Å². The van der Waals surface area contributed by atoms with Gasteiger partial charge in [0.05, 0.1) is 12.1 Å². The van der Waals surface area contributed by atoms with E-state index < -0.39 is 27.4 Å². The Kier molecular flexibility index (Phi) is 4.11. The van der Waals surface area contributed by atoms with E-state index in [-0.39, 0.29) is 13.0 Å². The first-order valence-electron chi connectivity index (χ1n) is 7.88. The van der Waals surface area contributed by atoms with E-state index in [2.05, 4.69) is 0 Å². The minimum atomic E-state index is -4.34. The molecule has 138 valence electrons. The highest BCUT2D eigenvalue weighted by atomic mass is 32.2. The molecule has 0 radical (unpaired) electrons. The van der Waals surface area contributed by atoms with E-state index in [9.17, 15) is 18.3 Å². The fourth-order valence-corrected chi connectivity index (χ4v) is 4.68. The number of fused-ring (bicyclic) bond motifs is 1. The molecule has 9 heteroatoms. The van der Waals surface area contributed by atoms with Crippen LogP contribution in [0.5, 0.6) is 11.5 Å². The molecule has 8 nitrogen and oxygen atoms in total. The second kappa shape index (κ2) is 5.77. The number of ether oxygens (including phenoxy) is 2. The summed E-state index contributed by atoms with van der Waals surface area (Å²) in [6, 6.07) is 5.29. The molecule has 25 heavy (non-hydrogen) atoms. The Hall–Kier alpha value is -2.00. The van der Waals surface area contributed by atoms with Crippen LogP contribution in [0.1, 0.15) is 26.3 Å². The van der Waals surface area contributed by atoms with Gasteiger partial charge in [0.25, 0.3) is 0 Å². The van der Waals surface area contributed by atoms with Crippen molar-refractivity contribution >= 4 is 16.4 Å². The summed E-state index contributed by atoms with van der Waals surface area (Å²) in [5.41, 5.74) is -1.21. The lowest BCUT2D eigenvalue weighted by molar-refractivity contribution is 0.0530. The lowest BCUT2D eigenvalue weighted by atomic mass is 9.70. The number of amides is 1. The summed E-state index contributed by atoms with van der Waals surface area (Å²) in [6.45, 7) is 6.05. The summed E-state index contributed by atoms with van der Waals surface area (Å²) >= 11 is 0. The first-order chi connectivity index (χ1) is 11.6. The molecule has 1 saturated heterocycles. The first-order valence-corrected chi connectivity index (χ1v) is 9.25. The monoisotopic (exact) mass is 371 g/mol. The predicted molar refractivity (Wildman–Crippen MR) is 88.1 cm³/mol. The molecule has 0 aliphatic carbocycles. The molecule has 0 unspecified atom stereocenters. The molecule has 3 rings (SSSR count). The molecule has 1 N–H and O–H groups in total. The molecular weight excluding hydrogens is 350 g/mol. The van der Waals surface area contributed by atoms with Crippen LogP contribution in [0.15, 0.2) is 18.2 Å². The van der Waals surface area contributed by atoms with Crippen LogP contribution in [0.2, 0.25) is 0 Å². The highest BCUT2D eigenvalue weighted by Crippen LogP contribution is 2.45. The van der Waals surface area contributed by atoms with Crippen LogP contribution in [0.3, 0.4) is 0 Å². The average molecular weight is 371 g/mol. The zero-order chi connectivity index (χ0) is 18.5. The third-order valence-corrected chi connectivity index (χ3v) is 6.10. The third kappa shape index (κ3) is 2.91. The molecule has 2 aliphatic rings. The van der Waals surface area contributed by atoms with E-state index in [1.165, 1.54) is 0 Å². The van der Waals surface area contributed by atoms with E-state index in [1.54, 1.807) is 39.0 Å². The number of carbonyl (C=O) groups is 1. The van der Waals surface area contributed by atoms with E-state index in [0.717, 1.165) is 5.56 Å². The van der Waals surface area contributed by atoms with E-state index in [4.69, 9.17) is 13.7 Å². The zero-order valence-corrected chi connectivity index (χ0v) is 15.1. The SMILES string of the molecule is CC(C)(C)[C@@]1(Cc2ccc3c(c2)OCCO3)COS(=O)(=O)N1C(=O)O. The van der Waals surface area contributed by atoms with E-state index >= 15 is 0 Å². The highest BCUT2D eigenvalue weighted by Gasteiger charge is 2.60. The minimum absolute atomic E-state index is 0.165. The molecule has 0 spiro atoms. The smallest absolute Gasteiger partial charge is 0.423 e. The largest absolute Gasteiger partial charge is 0.486 e. The summed E-state index contributed by atoms with van der Waals surface area (Å²) in [4.78, 5) is 11.7. The Bertz CT molecular complexity index is 799. The van der Waals surface area contributed by atoms with Crippen LogP contribution in [-0.4, -0.2) is 49.3 Å². The standard InChI is InChI=1S/C16H21NO7S/c1-15(2,3)16(10-24-25(20,21)17(16)14(18)19)9-11-4-5-12-13(8-11)23-7-6-22-12/h4-5,8H,6-7,9-10H2,1-3H3,(H,18,19)/t16-/m1/s1. The second-order valence-electron chi connectivity index (χ2n) is 7.20. The Balaban J connectivity index is 2.05. The van der Waals surface area contributed by atoms with Crippen molar-refractivity contribution in [3.63, 3.8) is 0 Å². The number of benzene rings is 1. The van der Waals surface area contributed by atoms with Gasteiger partial charge in [0.2, 0.25) is 0 Å². The Morgan fingerprint density at radius 3 is 2.48 bits per heavy atom. The number of nitrogens with zero attached hydrogens (tertiary/aromatic N) is 1. The fraction of sp³-hybridized carbons (Fsp3) is 0.562. The van der Waals surface area contributed by atoms with Crippen molar-refractivity contribution in [2.45, 2.75) is 32.7 Å². The zero-order valence-electron chi connectivity index (χ0n) is 14.3. The first kappa shape index (κ1) is 17.8. The van der Waals surface area contributed by atoms with Crippen molar-refractivity contribution < 1.29 is 32.0 Å². The average Bonchev–Trinajstić information content (AvgIpc) is 2.79. The van der Waals surface area contributed by atoms with Crippen molar-refractivity contribution in [3.05, 3.63) is 23.8 Å². The van der Waals surface area contributed by atoms with E-state index in [1.807, 2.05) is 0 Å². The molecule has 0 aromatic heterocycles. The number of hydrogen-bond acceptors (Lipinski definition) is 6. The normalized spacial score (nSPS) is 25.0. The molecule has 1 fully saturated rings. The summed E-state index contributed by atoms with van der Waals surface area (Å²) < 4.78 is 40.7. The maximum absolute atomic E-state index is 12.2. The topological polar surface area (TPSA) is 102 Å². The Labute approximate surface area is 146 Å². The number of hydrogen-bond donors (Lipinski definition) is 1. The van der Waals surface area contributed by atoms with Gasteiger partial charge in [0, 0.05) is 6.42 Å². The van der Waals surface area contributed by atoms with Crippen molar-refractivity contribution in [3.8, 4) is 11.5 Å². The van der Waals surface area contributed by atoms with Crippen molar-refractivity contribution in [2.24, 2.45) is 5.41 Å². The second-order valence-corrected chi connectivity index (χ2v) is 8.66. The summed E-state index contributed by atoms with van der Waals surface area (Å²) in [7, 11) is -4.34. The van der Waals surface area contributed by atoms with Gasteiger partial charge in [-0.2, -0.15) is 12.7 Å². The van der Waals surface area contributed by atoms with Gasteiger partial charge in [-0.3, -0.25) is 4.18 Å². The molecular formula is C16H21NO7S. The summed E-state index contributed by atoms with van der Waals surface area (Å²) in [5.74, 6) is 1.18. The summed E-state index contributed by atoms with van der Waals surface area (Å²) in [5, 5.41) is 9.54. The highest BCUT2D eigenvalue weighted by molar-refractivity contribution is 7.85. The lowest BCUT2D eigenvalue weighted by Crippen LogP contribution is -2.59. The lowest BCUT2D eigenvalue weighted by Gasteiger charge is -2.43. The molecule has 1 aromatic carbocycles. The predicted octanol–water partition coefficient (Wildman–Crippen LogP) is 2.04. The van der Waals surface area contributed by atoms with Gasteiger partial charge in [0.1, 0.15) is 13.2 Å². The molecule has 0 saturated carbocycles. The van der Waals surface area contributed by atoms with Crippen LogP contribution >= 0.6 is 0 Å². The number of rotatable bonds is 2. The molecule has 1 aromatic rings. The van der Waals surface area contributed by atoms with Crippen LogP contribution in [0.4, 0.5) is 4.79 Å². The van der Waals surface area contributed by atoms with E-state index in [0.29, 0.717) is 29.0 Å². The molecule has 1 atom stereocenters. The van der Waals surface area contributed by atoms with Gasteiger partial charge in [-0.1, -0.05) is 26.8 Å². The van der Waals surface area contributed by atoms with Crippen LogP contribution in [-0.2, 0) is 20.9 Å².